The first-order valence-corrected chi connectivity index (χ1v) is 7.24. The molecule has 4 heteroatoms. The number of hydrogen-bond acceptors (Lipinski definition) is 1. The third-order valence-electron chi connectivity index (χ3n) is 4.10. The van der Waals surface area contributed by atoms with Crippen molar-refractivity contribution in [1.82, 2.24) is 0 Å². The van der Waals surface area contributed by atoms with E-state index in [2.05, 4.69) is 30.3 Å². The number of benzene rings is 2. The lowest BCUT2D eigenvalue weighted by Crippen LogP contribution is -3.00. The van der Waals surface area contributed by atoms with E-state index in [1.54, 1.807) is 0 Å². The van der Waals surface area contributed by atoms with Crippen LogP contribution in [0.4, 0.5) is 4.79 Å². The highest BCUT2D eigenvalue weighted by molar-refractivity contribution is 6.60. The number of fused-ring (bicyclic) bond motifs is 1. The predicted molar refractivity (Wildman–Crippen MR) is 80.4 cm³/mol. The number of rotatable bonds is 2. The van der Waals surface area contributed by atoms with Gasteiger partial charge in [-0.2, -0.15) is 0 Å². The van der Waals surface area contributed by atoms with Gasteiger partial charge in [0.1, 0.15) is 13.1 Å². The number of quaternary nitrogens is 1. The molecule has 3 rings (SSSR count). The second-order valence-corrected chi connectivity index (χ2v) is 5.77. The second kappa shape index (κ2) is 6.61. The first-order valence-electron chi connectivity index (χ1n) is 6.86. The lowest BCUT2D eigenvalue weighted by atomic mass is 9.97. The van der Waals surface area contributed by atoms with Crippen LogP contribution in [0.15, 0.2) is 54.6 Å². The van der Waals surface area contributed by atoms with Gasteiger partial charge < -0.3 is 12.4 Å². The van der Waals surface area contributed by atoms with Crippen molar-refractivity contribution in [2.75, 3.05) is 6.54 Å². The number of carbonyl (C=O) groups excluding carboxylic acids is 1. The molecule has 1 atom stereocenters. The molecule has 21 heavy (non-hydrogen) atoms. The average Bonchev–Trinajstić information content (AvgIpc) is 2.48. The van der Waals surface area contributed by atoms with Crippen molar-refractivity contribution in [1.29, 1.82) is 0 Å². The number of hydrogen-bond donors (Lipinski definition) is 0. The van der Waals surface area contributed by atoms with Crippen molar-refractivity contribution in [2.45, 2.75) is 19.5 Å². The first kappa shape index (κ1) is 16.0. The van der Waals surface area contributed by atoms with Crippen LogP contribution < -0.4 is 12.4 Å². The summed E-state index contributed by atoms with van der Waals surface area (Å²) in [5.41, 5.74) is 3.73. The highest BCUT2D eigenvalue weighted by atomic mass is 35.5. The Morgan fingerprint density at radius 3 is 2.29 bits per heavy atom. The van der Waals surface area contributed by atoms with Crippen LogP contribution in [0.25, 0.3) is 0 Å². The fraction of sp³-hybridized carbons (Fsp3) is 0.235. The summed E-state index contributed by atoms with van der Waals surface area (Å²) in [6, 6.07) is 18.4. The van der Waals surface area contributed by atoms with Gasteiger partial charge in [-0.15, -0.1) is 0 Å². The zero-order chi connectivity index (χ0) is 14.0. The van der Waals surface area contributed by atoms with E-state index in [1.165, 1.54) is 11.1 Å². The molecule has 1 amide bonds. The molecule has 1 aliphatic heterocycles. The van der Waals surface area contributed by atoms with E-state index in [4.69, 9.17) is 11.6 Å². The van der Waals surface area contributed by atoms with Gasteiger partial charge in [0.2, 0.25) is 0 Å². The van der Waals surface area contributed by atoms with Gasteiger partial charge >= 0.3 is 5.37 Å². The average molecular weight is 322 g/mol. The van der Waals surface area contributed by atoms with Crippen molar-refractivity contribution in [3.8, 4) is 0 Å². The Morgan fingerprint density at radius 2 is 1.62 bits per heavy atom. The van der Waals surface area contributed by atoms with Gasteiger partial charge in [-0.05, 0) is 5.56 Å². The highest BCUT2D eigenvalue weighted by Crippen LogP contribution is 2.29. The minimum absolute atomic E-state index is 0. The van der Waals surface area contributed by atoms with E-state index in [9.17, 15) is 4.79 Å². The molecule has 2 aromatic rings. The summed E-state index contributed by atoms with van der Waals surface area (Å²) in [6.45, 7) is 2.12. The normalized spacial score (nSPS) is 20.2. The molecule has 0 spiro atoms. The molecule has 0 aliphatic carbocycles. The van der Waals surface area contributed by atoms with Crippen molar-refractivity contribution < 1.29 is 21.7 Å². The van der Waals surface area contributed by atoms with Crippen molar-refractivity contribution >= 4 is 17.0 Å². The Morgan fingerprint density at radius 1 is 1.00 bits per heavy atom. The van der Waals surface area contributed by atoms with E-state index < -0.39 is 0 Å². The Hall–Kier alpha value is -1.35. The largest absolute Gasteiger partial charge is 1.00 e. The Bertz CT molecular complexity index is 630. The van der Waals surface area contributed by atoms with Gasteiger partial charge in [0.25, 0.3) is 0 Å². The zero-order valence-electron chi connectivity index (χ0n) is 11.6. The summed E-state index contributed by atoms with van der Waals surface area (Å²) in [7, 11) is 0. The molecule has 0 aromatic heterocycles. The van der Waals surface area contributed by atoms with Crippen LogP contribution >= 0.6 is 11.6 Å². The molecular formula is C17H17Cl2NO. The number of amides is 1. The van der Waals surface area contributed by atoms with E-state index in [1.807, 2.05) is 24.3 Å². The minimum atomic E-state index is -0.261. The smallest absolute Gasteiger partial charge is 0.412 e. The number of halogens is 2. The van der Waals surface area contributed by atoms with Crippen molar-refractivity contribution in [3.63, 3.8) is 0 Å². The summed E-state index contributed by atoms with van der Waals surface area (Å²) < 4.78 is 0.308. The molecular weight excluding hydrogens is 305 g/mol. The molecule has 0 fully saturated rings. The molecule has 2 nitrogen and oxygen atoms in total. The number of carbonyl (C=O) groups is 1. The van der Waals surface area contributed by atoms with Gasteiger partial charge in [0.05, 0.1) is 6.54 Å². The molecule has 1 heterocycles. The molecule has 1 unspecified atom stereocenters. The quantitative estimate of drug-likeness (QED) is 0.460. The summed E-state index contributed by atoms with van der Waals surface area (Å²) in [5, 5.41) is -0.261. The summed E-state index contributed by atoms with van der Waals surface area (Å²) >= 11 is 5.96. The topological polar surface area (TPSA) is 17.1 Å². The van der Waals surface area contributed by atoms with Crippen LogP contribution in [0.2, 0.25) is 0 Å². The van der Waals surface area contributed by atoms with Crippen LogP contribution in [0.1, 0.15) is 16.7 Å². The van der Waals surface area contributed by atoms with Crippen LogP contribution in [0.5, 0.6) is 0 Å². The maximum atomic E-state index is 12.1. The maximum absolute atomic E-state index is 12.1. The molecule has 110 valence electrons. The predicted octanol–water partition coefficient (Wildman–Crippen LogP) is 1.12. The first-order chi connectivity index (χ1) is 9.70. The molecule has 0 saturated heterocycles. The SMILES string of the molecule is O=C(Cl)[N+]1(Cc2ccccc2)CCc2ccccc2C1.[Cl-]. The molecule has 2 aromatic carbocycles. The fourth-order valence-corrected chi connectivity index (χ4v) is 3.18. The highest BCUT2D eigenvalue weighted by Gasteiger charge is 2.39. The van der Waals surface area contributed by atoms with E-state index in [0.29, 0.717) is 17.6 Å². The monoisotopic (exact) mass is 321 g/mol. The van der Waals surface area contributed by atoms with Gasteiger partial charge in [-0.25, -0.2) is 9.28 Å². The summed E-state index contributed by atoms with van der Waals surface area (Å²) in [4.78, 5) is 12.1. The number of nitrogens with zero attached hydrogens (tertiary/aromatic N) is 1. The van der Waals surface area contributed by atoms with Crippen molar-refractivity contribution in [3.05, 3.63) is 71.3 Å². The maximum Gasteiger partial charge on any atom is 0.412 e. The molecule has 0 bridgehead atoms. The van der Waals surface area contributed by atoms with Gasteiger partial charge in [-0.1, -0.05) is 54.6 Å². The van der Waals surface area contributed by atoms with Crippen LogP contribution in [0, 0.1) is 0 Å². The molecule has 1 aliphatic rings. The standard InChI is InChI=1S/C17H17ClNO.ClH/c18-17(20)19(12-14-6-2-1-3-7-14)11-10-15-8-4-5-9-16(15)13-19;/h1-9H,10-13H2;1H/q+1;/p-1. The third kappa shape index (κ3) is 3.29. The van der Waals surface area contributed by atoms with E-state index in [-0.39, 0.29) is 17.8 Å². The van der Waals surface area contributed by atoms with E-state index >= 15 is 0 Å². The van der Waals surface area contributed by atoms with Crippen LogP contribution in [-0.2, 0) is 19.5 Å². The Balaban J connectivity index is 0.00000161. The van der Waals surface area contributed by atoms with Crippen molar-refractivity contribution in [2.24, 2.45) is 0 Å². The summed E-state index contributed by atoms with van der Waals surface area (Å²) in [6.07, 6.45) is 0.904. The van der Waals surface area contributed by atoms with Crippen LogP contribution in [0.3, 0.4) is 0 Å². The summed E-state index contributed by atoms with van der Waals surface area (Å²) in [5.74, 6) is 0. The molecule has 0 N–H and O–H groups in total. The van der Waals surface area contributed by atoms with Gasteiger partial charge in [0.15, 0.2) is 0 Å². The van der Waals surface area contributed by atoms with E-state index in [0.717, 1.165) is 18.5 Å². The molecule has 0 saturated carbocycles. The second-order valence-electron chi connectivity index (χ2n) is 5.44. The van der Waals surface area contributed by atoms with Crippen LogP contribution in [-0.4, -0.2) is 16.4 Å². The molecule has 0 radical (unpaired) electrons. The van der Waals surface area contributed by atoms with Gasteiger partial charge in [0, 0.05) is 29.1 Å². The van der Waals surface area contributed by atoms with Gasteiger partial charge in [-0.3, -0.25) is 0 Å². The zero-order valence-corrected chi connectivity index (χ0v) is 13.1. The lowest BCUT2D eigenvalue weighted by molar-refractivity contribution is -0.873. The lowest BCUT2D eigenvalue weighted by Gasteiger charge is -2.37. The third-order valence-corrected chi connectivity index (χ3v) is 4.46. The Labute approximate surface area is 136 Å². The Kier molecular flexibility index (Phi) is 5.04. The fourth-order valence-electron chi connectivity index (χ4n) is 2.98. The minimum Gasteiger partial charge on any atom is -1.00 e.